The molecule has 1 aromatic heterocycles. The van der Waals surface area contributed by atoms with Crippen molar-refractivity contribution in [1.82, 2.24) is 14.6 Å². The third-order valence-corrected chi connectivity index (χ3v) is 5.73. The van der Waals surface area contributed by atoms with Gasteiger partial charge in [-0.2, -0.15) is 4.31 Å². The first-order chi connectivity index (χ1) is 12.4. The first kappa shape index (κ1) is 18.0. The lowest BCUT2D eigenvalue weighted by atomic mass is 10.2. The fourth-order valence-corrected chi connectivity index (χ4v) is 3.94. The summed E-state index contributed by atoms with van der Waals surface area (Å²) in [6.07, 6.45) is 1.62. The second-order valence-corrected chi connectivity index (χ2v) is 7.83. The number of aromatic nitrogens is 1. The summed E-state index contributed by atoms with van der Waals surface area (Å²) in [5, 5.41) is 5.21. The number of nitrogens with zero attached hydrogens (tertiary/aromatic N) is 2. The predicted octanol–water partition coefficient (Wildman–Crippen LogP) is 0.763. The van der Waals surface area contributed by atoms with E-state index in [0.29, 0.717) is 5.82 Å². The lowest BCUT2D eigenvalue weighted by molar-refractivity contribution is -0.122. The van der Waals surface area contributed by atoms with Gasteiger partial charge in [-0.1, -0.05) is 12.1 Å². The van der Waals surface area contributed by atoms with Crippen LogP contribution in [0.3, 0.4) is 0 Å². The second kappa shape index (κ2) is 7.22. The molecular weight excluding hydrogens is 356 g/mol. The summed E-state index contributed by atoms with van der Waals surface area (Å²) in [5.41, 5.74) is 1.15. The molecule has 9 heteroatoms. The molecule has 1 aliphatic rings. The number of nitrogens with one attached hydrogen (secondary N) is 2. The van der Waals surface area contributed by atoms with Crippen LogP contribution in [0.15, 0.2) is 47.5 Å². The van der Waals surface area contributed by atoms with Crippen molar-refractivity contribution < 1.29 is 18.0 Å². The number of aryl methyl sites for hydroxylation is 1. The lowest BCUT2D eigenvalue weighted by Crippen LogP contribution is -2.49. The Bertz CT molecular complexity index is 941. The third kappa shape index (κ3) is 3.89. The van der Waals surface area contributed by atoms with Crippen molar-refractivity contribution in [3.63, 3.8) is 0 Å². The molecule has 1 aromatic carbocycles. The molecule has 2 N–H and O–H groups in total. The third-order valence-electron chi connectivity index (χ3n) is 3.89. The quantitative estimate of drug-likeness (QED) is 0.821. The van der Waals surface area contributed by atoms with Gasteiger partial charge < -0.3 is 10.6 Å². The molecule has 0 bridgehead atoms. The number of pyridine rings is 1. The summed E-state index contributed by atoms with van der Waals surface area (Å²) >= 11 is 0. The Morgan fingerprint density at radius 1 is 1.27 bits per heavy atom. The van der Waals surface area contributed by atoms with Crippen LogP contribution in [0.2, 0.25) is 0 Å². The number of amides is 2. The van der Waals surface area contributed by atoms with Crippen LogP contribution in [0.25, 0.3) is 0 Å². The van der Waals surface area contributed by atoms with Crippen LogP contribution < -0.4 is 10.6 Å². The lowest BCUT2D eigenvalue weighted by Gasteiger charge is -2.26. The van der Waals surface area contributed by atoms with E-state index in [0.717, 1.165) is 9.87 Å². The van der Waals surface area contributed by atoms with E-state index in [1.165, 1.54) is 24.3 Å². The van der Waals surface area contributed by atoms with Crippen LogP contribution in [0, 0.1) is 6.92 Å². The molecule has 1 saturated heterocycles. The fraction of sp³-hybridized carbons (Fsp3) is 0.235. The topological polar surface area (TPSA) is 108 Å². The second-order valence-electron chi connectivity index (χ2n) is 5.89. The maximum atomic E-state index is 12.7. The number of carbonyl (C=O) groups excluding carboxylic acids is 2. The Hall–Kier alpha value is -2.78. The van der Waals surface area contributed by atoms with Crippen molar-refractivity contribution in [2.75, 3.05) is 25.0 Å². The average Bonchev–Trinajstić information content (AvgIpc) is 2.63. The van der Waals surface area contributed by atoms with E-state index in [-0.39, 0.29) is 36.0 Å². The van der Waals surface area contributed by atoms with Gasteiger partial charge in [0.15, 0.2) is 0 Å². The number of anilines is 1. The van der Waals surface area contributed by atoms with Crippen molar-refractivity contribution in [2.45, 2.75) is 11.8 Å². The number of benzene rings is 1. The Labute approximate surface area is 151 Å². The van der Waals surface area contributed by atoms with Crippen molar-refractivity contribution in [2.24, 2.45) is 0 Å². The molecule has 0 unspecified atom stereocenters. The average molecular weight is 374 g/mol. The first-order valence-electron chi connectivity index (χ1n) is 7.97. The number of hydrogen-bond acceptors (Lipinski definition) is 5. The molecule has 2 amide bonds. The van der Waals surface area contributed by atoms with E-state index < -0.39 is 15.9 Å². The molecule has 8 nitrogen and oxygen atoms in total. The SMILES string of the molecule is Cc1ccc(NC(=O)c2cccc(S(=O)(=O)N3CCNC(=O)C3)c2)nc1. The van der Waals surface area contributed by atoms with Crippen molar-refractivity contribution in [3.8, 4) is 0 Å². The number of sulfonamides is 1. The monoisotopic (exact) mass is 374 g/mol. The van der Waals surface area contributed by atoms with E-state index >= 15 is 0 Å². The molecular formula is C17H18N4O4S. The van der Waals surface area contributed by atoms with Crippen LogP contribution in [0.4, 0.5) is 5.82 Å². The van der Waals surface area contributed by atoms with Crippen molar-refractivity contribution >= 4 is 27.7 Å². The Morgan fingerprint density at radius 2 is 2.08 bits per heavy atom. The number of piperazine rings is 1. The predicted molar refractivity (Wildman–Crippen MR) is 95.1 cm³/mol. The fourth-order valence-electron chi connectivity index (χ4n) is 2.50. The maximum absolute atomic E-state index is 12.7. The summed E-state index contributed by atoms with van der Waals surface area (Å²) in [6, 6.07) is 9.19. The van der Waals surface area contributed by atoms with E-state index in [9.17, 15) is 18.0 Å². The number of rotatable bonds is 4. The van der Waals surface area contributed by atoms with Crippen LogP contribution in [-0.2, 0) is 14.8 Å². The first-order valence-corrected chi connectivity index (χ1v) is 9.41. The molecule has 0 atom stereocenters. The van der Waals surface area contributed by atoms with Gasteiger partial charge in [0, 0.05) is 24.8 Å². The highest BCUT2D eigenvalue weighted by molar-refractivity contribution is 7.89. The summed E-state index contributed by atoms with van der Waals surface area (Å²) in [7, 11) is -3.85. The Morgan fingerprint density at radius 3 is 2.77 bits per heavy atom. The van der Waals surface area contributed by atoms with Gasteiger partial charge >= 0.3 is 0 Å². The molecule has 0 radical (unpaired) electrons. The molecule has 2 aromatic rings. The summed E-state index contributed by atoms with van der Waals surface area (Å²) in [6.45, 7) is 2.11. The Balaban J connectivity index is 1.82. The summed E-state index contributed by atoms with van der Waals surface area (Å²) in [5.74, 6) is -0.435. The minimum atomic E-state index is -3.85. The van der Waals surface area contributed by atoms with E-state index in [1.807, 2.05) is 13.0 Å². The maximum Gasteiger partial charge on any atom is 0.256 e. The van der Waals surface area contributed by atoms with Crippen LogP contribution >= 0.6 is 0 Å². The van der Waals surface area contributed by atoms with E-state index in [2.05, 4.69) is 15.6 Å². The zero-order valence-corrected chi connectivity index (χ0v) is 14.9. The van der Waals surface area contributed by atoms with Gasteiger partial charge in [-0.05, 0) is 36.8 Å². The van der Waals surface area contributed by atoms with E-state index in [1.54, 1.807) is 12.3 Å². The summed E-state index contributed by atoms with van der Waals surface area (Å²) in [4.78, 5) is 27.9. The standard InChI is InChI=1S/C17H18N4O4S/c1-12-5-6-15(19-10-12)20-17(23)13-3-2-4-14(9-13)26(24,25)21-8-7-18-16(22)11-21/h2-6,9-10H,7-8,11H2,1H3,(H,18,22)(H,19,20,23). The largest absolute Gasteiger partial charge is 0.354 e. The molecule has 0 saturated carbocycles. The zero-order valence-electron chi connectivity index (χ0n) is 14.1. The molecule has 0 aliphatic carbocycles. The molecule has 136 valence electrons. The number of carbonyl (C=O) groups is 2. The zero-order chi connectivity index (χ0) is 18.7. The van der Waals surface area contributed by atoms with Gasteiger partial charge in [0.2, 0.25) is 15.9 Å². The van der Waals surface area contributed by atoms with Gasteiger partial charge in [-0.15, -0.1) is 0 Å². The van der Waals surface area contributed by atoms with Crippen molar-refractivity contribution in [3.05, 3.63) is 53.7 Å². The minimum absolute atomic E-state index is 0.0308. The van der Waals surface area contributed by atoms with Crippen molar-refractivity contribution in [1.29, 1.82) is 0 Å². The molecule has 1 aliphatic heterocycles. The van der Waals surface area contributed by atoms with Crippen LogP contribution in [-0.4, -0.2) is 49.2 Å². The highest BCUT2D eigenvalue weighted by Gasteiger charge is 2.29. The van der Waals surface area contributed by atoms with Crippen LogP contribution in [0.5, 0.6) is 0 Å². The van der Waals surface area contributed by atoms with Gasteiger partial charge in [-0.3, -0.25) is 9.59 Å². The molecule has 3 rings (SSSR count). The Kier molecular flexibility index (Phi) is 5.01. The molecule has 2 heterocycles. The summed E-state index contributed by atoms with van der Waals surface area (Å²) < 4.78 is 26.5. The van der Waals surface area contributed by atoms with E-state index in [4.69, 9.17) is 0 Å². The highest BCUT2D eigenvalue weighted by atomic mass is 32.2. The molecule has 0 spiro atoms. The van der Waals surface area contributed by atoms with Gasteiger partial charge in [-0.25, -0.2) is 13.4 Å². The minimum Gasteiger partial charge on any atom is -0.354 e. The highest BCUT2D eigenvalue weighted by Crippen LogP contribution is 2.18. The molecule has 26 heavy (non-hydrogen) atoms. The van der Waals surface area contributed by atoms with Gasteiger partial charge in [0.25, 0.3) is 5.91 Å². The normalized spacial score (nSPS) is 15.3. The van der Waals surface area contributed by atoms with Gasteiger partial charge in [0.1, 0.15) is 5.82 Å². The molecule has 1 fully saturated rings. The van der Waals surface area contributed by atoms with Crippen LogP contribution in [0.1, 0.15) is 15.9 Å². The van der Waals surface area contributed by atoms with Gasteiger partial charge in [0.05, 0.1) is 11.4 Å². The smallest absolute Gasteiger partial charge is 0.256 e. The number of hydrogen-bond donors (Lipinski definition) is 2.